The van der Waals surface area contributed by atoms with Crippen molar-refractivity contribution >= 4 is 28.2 Å². The number of thiophene rings is 1. The van der Waals surface area contributed by atoms with Crippen LogP contribution in [0.3, 0.4) is 0 Å². The van der Waals surface area contributed by atoms with Gasteiger partial charge in [-0.3, -0.25) is 9.59 Å². The van der Waals surface area contributed by atoms with Crippen LogP contribution in [0.15, 0.2) is 18.2 Å². The highest BCUT2D eigenvalue weighted by molar-refractivity contribution is 7.17. The minimum atomic E-state index is -0.964. The van der Waals surface area contributed by atoms with E-state index in [9.17, 15) is 18.4 Å². The number of anilines is 1. The maximum Gasteiger partial charge on any atom is 0.259 e. The third kappa shape index (κ3) is 3.02. The van der Waals surface area contributed by atoms with E-state index in [1.54, 1.807) is 0 Å². The number of nitrogens with zero attached hydrogens (tertiary/aromatic N) is 1. The molecule has 2 amide bonds. The van der Waals surface area contributed by atoms with Crippen molar-refractivity contribution in [1.82, 2.24) is 4.90 Å². The van der Waals surface area contributed by atoms with Crippen molar-refractivity contribution in [3.05, 3.63) is 51.4 Å². The molecule has 1 aromatic carbocycles. The summed E-state index contributed by atoms with van der Waals surface area (Å²) in [5.41, 5.74) is 6.28. The van der Waals surface area contributed by atoms with E-state index < -0.39 is 23.4 Å². The van der Waals surface area contributed by atoms with Crippen molar-refractivity contribution in [3.63, 3.8) is 0 Å². The first kappa shape index (κ1) is 16.5. The van der Waals surface area contributed by atoms with E-state index in [0.29, 0.717) is 24.0 Å². The molecule has 0 spiro atoms. The Bertz CT molecular complexity index is 835. The zero-order valence-electron chi connectivity index (χ0n) is 12.9. The van der Waals surface area contributed by atoms with Crippen LogP contribution in [0.4, 0.5) is 13.8 Å². The Morgan fingerprint density at radius 3 is 2.75 bits per heavy atom. The number of hydrogen-bond acceptors (Lipinski definition) is 4. The third-order valence-corrected chi connectivity index (χ3v) is 5.03. The monoisotopic (exact) mass is 351 g/mol. The maximum atomic E-state index is 13.7. The number of carbonyl (C=O) groups excluding carboxylic acids is 2. The zero-order valence-corrected chi connectivity index (χ0v) is 13.7. The van der Waals surface area contributed by atoms with Gasteiger partial charge in [-0.05, 0) is 31.2 Å². The van der Waals surface area contributed by atoms with Gasteiger partial charge in [0.05, 0.1) is 11.1 Å². The molecule has 0 fully saturated rings. The van der Waals surface area contributed by atoms with Crippen LogP contribution in [0.2, 0.25) is 0 Å². The second-order valence-corrected chi connectivity index (χ2v) is 6.74. The van der Waals surface area contributed by atoms with Gasteiger partial charge < -0.3 is 16.0 Å². The summed E-state index contributed by atoms with van der Waals surface area (Å²) < 4.78 is 26.7. The van der Waals surface area contributed by atoms with E-state index in [0.717, 1.165) is 29.1 Å². The molecule has 8 heteroatoms. The third-order valence-electron chi connectivity index (χ3n) is 3.90. The summed E-state index contributed by atoms with van der Waals surface area (Å²) in [4.78, 5) is 27.1. The van der Waals surface area contributed by atoms with E-state index in [4.69, 9.17) is 5.73 Å². The molecule has 126 valence electrons. The van der Waals surface area contributed by atoms with Crippen LogP contribution >= 0.6 is 11.3 Å². The Balaban J connectivity index is 1.95. The number of nitrogens with two attached hydrogens (primary N) is 1. The lowest BCUT2D eigenvalue weighted by Gasteiger charge is -2.22. The number of carbonyl (C=O) groups is 2. The molecule has 24 heavy (non-hydrogen) atoms. The number of nitrogens with one attached hydrogen (secondary N) is 1. The molecule has 5 nitrogen and oxygen atoms in total. The Morgan fingerprint density at radius 1 is 1.33 bits per heavy atom. The van der Waals surface area contributed by atoms with Crippen molar-refractivity contribution in [3.8, 4) is 0 Å². The van der Waals surface area contributed by atoms with Gasteiger partial charge in [0.25, 0.3) is 11.8 Å². The Hall–Kier alpha value is -2.32. The largest absolute Gasteiger partial charge is 0.365 e. The maximum absolute atomic E-state index is 13.7. The van der Waals surface area contributed by atoms with Crippen LogP contribution in [-0.2, 0) is 13.0 Å². The summed E-state index contributed by atoms with van der Waals surface area (Å²) in [6, 6.07) is 2.70. The van der Waals surface area contributed by atoms with E-state index in [2.05, 4.69) is 10.2 Å². The molecule has 0 atom stereocenters. The van der Waals surface area contributed by atoms with Crippen molar-refractivity contribution < 1.29 is 18.4 Å². The van der Waals surface area contributed by atoms with Gasteiger partial charge in [0.15, 0.2) is 0 Å². The van der Waals surface area contributed by atoms with Crippen molar-refractivity contribution in [2.45, 2.75) is 13.0 Å². The lowest BCUT2D eigenvalue weighted by molar-refractivity contribution is 0.1000. The first-order valence-corrected chi connectivity index (χ1v) is 8.07. The van der Waals surface area contributed by atoms with Crippen molar-refractivity contribution in [2.75, 3.05) is 18.9 Å². The second-order valence-electron chi connectivity index (χ2n) is 5.64. The first-order valence-electron chi connectivity index (χ1n) is 7.26. The Kier molecular flexibility index (Phi) is 4.33. The van der Waals surface area contributed by atoms with Crippen molar-refractivity contribution in [1.29, 1.82) is 0 Å². The van der Waals surface area contributed by atoms with Gasteiger partial charge in [0, 0.05) is 24.0 Å². The highest BCUT2D eigenvalue weighted by Crippen LogP contribution is 2.36. The minimum absolute atomic E-state index is 0.277. The van der Waals surface area contributed by atoms with E-state index in [-0.39, 0.29) is 11.1 Å². The first-order chi connectivity index (χ1) is 11.4. The number of likely N-dealkylation sites (N-methyl/N-ethyl adjacent to an activating group) is 1. The summed E-state index contributed by atoms with van der Waals surface area (Å²) in [6.07, 6.45) is 0.654. The molecule has 0 saturated carbocycles. The van der Waals surface area contributed by atoms with Gasteiger partial charge in [-0.15, -0.1) is 11.3 Å². The lowest BCUT2D eigenvalue weighted by Crippen LogP contribution is -2.27. The van der Waals surface area contributed by atoms with Crippen LogP contribution in [0.1, 0.15) is 31.2 Å². The molecular formula is C16H15F2N3O2S. The van der Waals surface area contributed by atoms with Gasteiger partial charge in [-0.2, -0.15) is 0 Å². The lowest BCUT2D eigenvalue weighted by atomic mass is 10.0. The normalized spacial score (nSPS) is 14.3. The summed E-state index contributed by atoms with van der Waals surface area (Å²) in [5.74, 6) is -3.11. The number of rotatable bonds is 3. The summed E-state index contributed by atoms with van der Waals surface area (Å²) in [7, 11) is 1.96. The smallest absolute Gasteiger partial charge is 0.259 e. The molecule has 2 aromatic rings. The van der Waals surface area contributed by atoms with Crippen LogP contribution in [-0.4, -0.2) is 30.3 Å². The van der Waals surface area contributed by atoms with Crippen LogP contribution in [0, 0.1) is 11.6 Å². The zero-order chi connectivity index (χ0) is 17.4. The topological polar surface area (TPSA) is 75.4 Å². The molecule has 1 aliphatic rings. The fourth-order valence-corrected chi connectivity index (χ4v) is 4.05. The van der Waals surface area contributed by atoms with Crippen LogP contribution < -0.4 is 11.1 Å². The number of hydrogen-bond donors (Lipinski definition) is 2. The summed E-state index contributed by atoms with van der Waals surface area (Å²) in [5, 5.41) is 2.84. The van der Waals surface area contributed by atoms with E-state index >= 15 is 0 Å². The molecule has 2 heterocycles. The van der Waals surface area contributed by atoms with Crippen LogP contribution in [0.5, 0.6) is 0 Å². The van der Waals surface area contributed by atoms with Gasteiger partial charge >= 0.3 is 0 Å². The number of primary amides is 1. The van der Waals surface area contributed by atoms with Gasteiger partial charge in [0.2, 0.25) is 0 Å². The molecule has 1 aliphatic heterocycles. The minimum Gasteiger partial charge on any atom is -0.365 e. The van der Waals surface area contributed by atoms with Crippen LogP contribution in [0.25, 0.3) is 0 Å². The molecule has 0 radical (unpaired) electrons. The highest BCUT2D eigenvalue weighted by atomic mass is 32.1. The summed E-state index contributed by atoms with van der Waals surface area (Å²) in [6.45, 7) is 1.44. The fraction of sp³-hybridized carbons (Fsp3) is 0.250. The molecule has 0 aliphatic carbocycles. The van der Waals surface area contributed by atoms with Crippen molar-refractivity contribution in [2.24, 2.45) is 5.73 Å². The standard InChI is InChI=1S/C16H15F2N3O2S/c1-21-5-4-10-12(7-21)24-16(13(10)14(19)22)20-15(23)9-3-2-8(17)6-11(9)18/h2-3,6H,4-5,7H2,1H3,(H2,19,22)(H,20,23). The molecule has 3 N–H and O–H groups in total. The van der Waals surface area contributed by atoms with E-state index in [1.165, 1.54) is 11.3 Å². The number of amides is 2. The predicted octanol–water partition coefficient (Wildman–Crippen LogP) is 2.37. The summed E-state index contributed by atoms with van der Waals surface area (Å²) >= 11 is 1.26. The molecule has 1 aromatic heterocycles. The van der Waals surface area contributed by atoms with Gasteiger partial charge in [-0.25, -0.2) is 8.78 Å². The molecule has 3 rings (SSSR count). The van der Waals surface area contributed by atoms with E-state index in [1.807, 2.05) is 7.05 Å². The predicted molar refractivity (Wildman–Crippen MR) is 87.2 cm³/mol. The quantitative estimate of drug-likeness (QED) is 0.891. The molecule has 0 unspecified atom stereocenters. The Morgan fingerprint density at radius 2 is 2.08 bits per heavy atom. The average molecular weight is 351 g/mol. The Labute approximate surface area is 141 Å². The molecular weight excluding hydrogens is 336 g/mol. The SMILES string of the molecule is CN1CCc2c(sc(NC(=O)c3ccc(F)cc3F)c2C(N)=O)C1. The highest BCUT2D eigenvalue weighted by Gasteiger charge is 2.27. The molecule has 0 bridgehead atoms. The average Bonchev–Trinajstić information content (AvgIpc) is 2.83. The number of benzene rings is 1. The second kappa shape index (κ2) is 6.29. The van der Waals surface area contributed by atoms with Gasteiger partial charge in [-0.1, -0.05) is 0 Å². The molecule has 0 saturated heterocycles. The number of halogens is 2. The van der Waals surface area contributed by atoms with Gasteiger partial charge in [0.1, 0.15) is 16.6 Å². The fourth-order valence-electron chi connectivity index (χ4n) is 2.72. The number of fused-ring (bicyclic) bond motifs is 1.